The van der Waals surface area contributed by atoms with Crippen LogP contribution in [0.15, 0.2) is 24.3 Å². The molecule has 0 unspecified atom stereocenters. The molecule has 3 aliphatic rings. The van der Waals surface area contributed by atoms with Crippen LogP contribution in [0.5, 0.6) is 0 Å². The van der Waals surface area contributed by atoms with Crippen LogP contribution < -0.4 is 5.73 Å². The molecule has 5 rings (SSSR count). The number of nitrogens with two attached hydrogens (primary N) is 1. The van der Waals surface area contributed by atoms with Crippen molar-refractivity contribution in [2.45, 2.75) is 32.6 Å². The molecule has 1 heterocycles. The Balaban J connectivity index is 2.03. The van der Waals surface area contributed by atoms with Gasteiger partial charge in [-0.25, -0.2) is 0 Å². The summed E-state index contributed by atoms with van der Waals surface area (Å²) >= 11 is 0. The number of hydrogen-bond donors (Lipinski definition) is 1. The van der Waals surface area contributed by atoms with E-state index in [0.29, 0.717) is 11.3 Å². The molecule has 0 radical (unpaired) electrons. The van der Waals surface area contributed by atoms with Crippen molar-refractivity contribution in [3.8, 4) is 0 Å². The zero-order valence-corrected chi connectivity index (χ0v) is 10.9. The van der Waals surface area contributed by atoms with Gasteiger partial charge in [0.05, 0.1) is 5.52 Å². The summed E-state index contributed by atoms with van der Waals surface area (Å²) in [6.07, 6.45) is 2.41. The molecule has 2 heteroatoms. The number of nitrogen functional groups attached to an aromatic ring is 1. The molecule has 0 amide bonds. The highest BCUT2D eigenvalue weighted by molar-refractivity contribution is 5.92. The van der Waals surface area contributed by atoms with Gasteiger partial charge in [0.1, 0.15) is 0 Å². The number of hydrogen-bond acceptors (Lipinski definition) is 2. The van der Waals surface area contributed by atoms with E-state index in [4.69, 9.17) is 10.7 Å². The molecule has 18 heavy (non-hydrogen) atoms. The number of benzene rings is 1. The SMILES string of the molecule is CC1(C)[C@H]2Cc3c(nc4ccccc4c3N)[C@@H]1C2. The summed E-state index contributed by atoms with van der Waals surface area (Å²) in [6.45, 7) is 4.75. The molecule has 2 aromatic rings. The second kappa shape index (κ2) is 3.05. The Morgan fingerprint density at radius 2 is 2.06 bits per heavy atom. The maximum atomic E-state index is 6.37. The van der Waals surface area contributed by atoms with Crippen molar-refractivity contribution in [3.05, 3.63) is 35.5 Å². The van der Waals surface area contributed by atoms with Crippen LogP contribution >= 0.6 is 0 Å². The molecule has 0 aliphatic heterocycles. The Kier molecular flexibility index (Phi) is 1.76. The van der Waals surface area contributed by atoms with Gasteiger partial charge >= 0.3 is 0 Å². The Hall–Kier alpha value is -1.57. The summed E-state index contributed by atoms with van der Waals surface area (Å²) < 4.78 is 0. The number of nitrogens with zero attached hydrogens (tertiary/aromatic N) is 1. The van der Waals surface area contributed by atoms with Crippen LogP contribution in [0.25, 0.3) is 10.9 Å². The topological polar surface area (TPSA) is 38.9 Å². The van der Waals surface area contributed by atoms with Crippen LogP contribution in [0.3, 0.4) is 0 Å². The molecular formula is C16H18N2. The molecule has 0 saturated heterocycles. The molecule has 0 spiro atoms. The molecule has 1 aromatic carbocycles. The Labute approximate surface area is 107 Å². The van der Waals surface area contributed by atoms with E-state index in [-0.39, 0.29) is 0 Å². The van der Waals surface area contributed by atoms with Crippen molar-refractivity contribution in [2.75, 3.05) is 5.73 Å². The van der Waals surface area contributed by atoms with Crippen LogP contribution in [-0.4, -0.2) is 4.98 Å². The molecular weight excluding hydrogens is 220 g/mol. The van der Waals surface area contributed by atoms with Crippen molar-refractivity contribution < 1.29 is 0 Å². The first-order valence-corrected chi connectivity index (χ1v) is 6.76. The highest BCUT2D eigenvalue weighted by atomic mass is 14.8. The lowest BCUT2D eigenvalue weighted by molar-refractivity contribution is 0.0161. The van der Waals surface area contributed by atoms with E-state index in [1.807, 2.05) is 12.1 Å². The normalized spacial score (nSPS) is 27.7. The summed E-state index contributed by atoms with van der Waals surface area (Å²) in [5.74, 6) is 1.40. The van der Waals surface area contributed by atoms with E-state index in [2.05, 4.69) is 26.0 Å². The van der Waals surface area contributed by atoms with Gasteiger partial charge in [-0.3, -0.25) is 4.98 Å². The predicted molar refractivity (Wildman–Crippen MR) is 74.5 cm³/mol. The van der Waals surface area contributed by atoms with E-state index < -0.39 is 0 Å². The molecule has 92 valence electrons. The van der Waals surface area contributed by atoms with Crippen LogP contribution in [0.4, 0.5) is 5.69 Å². The standard InChI is InChI=1S/C16H18N2/c1-16(2)9-7-11-14(17)10-5-3-4-6-13(10)18-15(11)12(16)8-9/h3-6,9,12H,7-8H2,1-2H3,(H2,17,18)/t9-,12-/m0/s1. The van der Waals surface area contributed by atoms with Gasteiger partial charge in [-0.1, -0.05) is 32.0 Å². The van der Waals surface area contributed by atoms with Crippen LogP contribution in [0.1, 0.15) is 37.4 Å². The van der Waals surface area contributed by atoms with E-state index in [1.165, 1.54) is 17.7 Å². The number of para-hydroxylation sites is 1. The third kappa shape index (κ3) is 1.07. The van der Waals surface area contributed by atoms with Crippen molar-refractivity contribution >= 4 is 16.6 Å². The Morgan fingerprint density at radius 3 is 2.83 bits per heavy atom. The van der Waals surface area contributed by atoms with Crippen molar-refractivity contribution in [1.29, 1.82) is 0 Å². The van der Waals surface area contributed by atoms with Gasteiger partial charge in [0, 0.05) is 22.7 Å². The lowest BCUT2D eigenvalue weighted by Crippen LogP contribution is -2.48. The minimum Gasteiger partial charge on any atom is -0.398 e. The van der Waals surface area contributed by atoms with Crippen molar-refractivity contribution in [2.24, 2.45) is 11.3 Å². The second-order valence-electron chi connectivity index (χ2n) is 6.42. The number of pyridine rings is 1. The van der Waals surface area contributed by atoms with Crippen molar-refractivity contribution in [1.82, 2.24) is 4.98 Å². The number of aromatic nitrogens is 1. The lowest BCUT2D eigenvalue weighted by Gasteiger charge is -2.56. The fraction of sp³-hybridized carbons (Fsp3) is 0.438. The molecule has 1 aromatic heterocycles. The zero-order valence-electron chi connectivity index (χ0n) is 10.9. The van der Waals surface area contributed by atoms with Gasteiger partial charge in [-0.15, -0.1) is 0 Å². The summed E-state index contributed by atoms with van der Waals surface area (Å²) in [6, 6.07) is 8.24. The maximum Gasteiger partial charge on any atom is 0.0726 e. The fourth-order valence-electron chi connectivity index (χ4n) is 3.87. The van der Waals surface area contributed by atoms with Crippen LogP contribution in [0.2, 0.25) is 0 Å². The molecule has 1 fully saturated rings. The smallest absolute Gasteiger partial charge is 0.0726 e. The minimum absolute atomic E-state index is 0.412. The summed E-state index contributed by atoms with van der Waals surface area (Å²) in [4.78, 5) is 4.91. The average Bonchev–Trinajstić information content (AvgIpc) is 2.38. The van der Waals surface area contributed by atoms with E-state index >= 15 is 0 Å². The van der Waals surface area contributed by atoms with Crippen LogP contribution in [-0.2, 0) is 6.42 Å². The second-order valence-corrected chi connectivity index (χ2v) is 6.42. The fourth-order valence-corrected chi connectivity index (χ4v) is 3.87. The van der Waals surface area contributed by atoms with E-state index in [0.717, 1.165) is 28.9 Å². The first kappa shape index (κ1) is 10.4. The van der Waals surface area contributed by atoms with Gasteiger partial charge < -0.3 is 5.73 Å². The monoisotopic (exact) mass is 238 g/mol. The Morgan fingerprint density at radius 1 is 1.28 bits per heavy atom. The quantitative estimate of drug-likeness (QED) is 0.763. The van der Waals surface area contributed by atoms with E-state index in [1.54, 1.807) is 0 Å². The summed E-state index contributed by atoms with van der Waals surface area (Å²) in [5.41, 5.74) is 11.4. The van der Waals surface area contributed by atoms with Gasteiger partial charge in [-0.2, -0.15) is 0 Å². The average molecular weight is 238 g/mol. The maximum absolute atomic E-state index is 6.37. The predicted octanol–water partition coefficient (Wildman–Crippen LogP) is 3.50. The van der Waals surface area contributed by atoms with Gasteiger partial charge in [-0.05, 0) is 35.8 Å². The first-order valence-electron chi connectivity index (χ1n) is 6.76. The number of fused-ring (bicyclic) bond motifs is 1. The van der Waals surface area contributed by atoms with Gasteiger partial charge in [0.15, 0.2) is 0 Å². The lowest BCUT2D eigenvalue weighted by atomic mass is 9.48. The molecule has 1 saturated carbocycles. The largest absolute Gasteiger partial charge is 0.398 e. The zero-order chi connectivity index (χ0) is 12.5. The highest BCUT2D eigenvalue weighted by Gasteiger charge is 2.53. The molecule has 2 N–H and O–H groups in total. The molecule has 2 atom stereocenters. The molecule has 2 nitrogen and oxygen atoms in total. The Bertz CT molecular complexity index is 657. The highest BCUT2D eigenvalue weighted by Crippen LogP contribution is 2.62. The first-order chi connectivity index (χ1) is 8.59. The van der Waals surface area contributed by atoms with Gasteiger partial charge in [0.25, 0.3) is 0 Å². The third-order valence-corrected chi connectivity index (χ3v) is 5.32. The molecule has 2 bridgehead atoms. The van der Waals surface area contributed by atoms with Gasteiger partial charge in [0.2, 0.25) is 0 Å². The summed E-state index contributed by atoms with van der Waals surface area (Å²) in [5, 5.41) is 1.12. The van der Waals surface area contributed by atoms with E-state index in [9.17, 15) is 0 Å². The van der Waals surface area contributed by atoms with Crippen LogP contribution in [0, 0.1) is 11.3 Å². The molecule has 3 aliphatic carbocycles. The summed E-state index contributed by atoms with van der Waals surface area (Å²) in [7, 11) is 0. The number of anilines is 1. The third-order valence-electron chi connectivity index (χ3n) is 5.32. The minimum atomic E-state index is 0.412. The van der Waals surface area contributed by atoms with Crippen molar-refractivity contribution in [3.63, 3.8) is 0 Å². The number of rotatable bonds is 0.